The van der Waals surface area contributed by atoms with E-state index >= 15 is 0 Å². The standard InChI is InChI=1S/C25H25N3O2/c1-3-7-23-27-24-21(26)10-6-11-22(24)28(23)16-17-12-14-18(15-13-17)19-8-4-5-9-20(19)25(29)30-2/h4-6,8-15H,3,7,16,26H2,1-2H3. The summed E-state index contributed by atoms with van der Waals surface area (Å²) in [5.74, 6) is 0.715. The number of esters is 1. The number of nitrogens with two attached hydrogens (primary N) is 1. The van der Waals surface area contributed by atoms with Crippen molar-refractivity contribution in [2.45, 2.75) is 26.3 Å². The van der Waals surface area contributed by atoms with Crippen LogP contribution in [0.5, 0.6) is 0 Å². The van der Waals surface area contributed by atoms with Gasteiger partial charge in [0.25, 0.3) is 0 Å². The first-order valence-electron chi connectivity index (χ1n) is 10.1. The summed E-state index contributed by atoms with van der Waals surface area (Å²) in [6.45, 7) is 2.87. The number of carbonyl (C=O) groups is 1. The van der Waals surface area contributed by atoms with Crippen molar-refractivity contribution in [3.63, 3.8) is 0 Å². The Morgan fingerprint density at radius 2 is 1.80 bits per heavy atom. The summed E-state index contributed by atoms with van der Waals surface area (Å²) in [5.41, 5.74) is 12.3. The summed E-state index contributed by atoms with van der Waals surface area (Å²) in [7, 11) is 1.40. The minimum Gasteiger partial charge on any atom is -0.465 e. The fourth-order valence-corrected chi connectivity index (χ4v) is 3.80. The number of rotatable bonds is 6. The van der Waals surface area contributed by atoms with Gasteiger partial charge in [0.2, 0.25) is 0 Å². The second-order valence-electron chi connectivity index (χ2n) is 7.31. The zero-order valence-electron chi connectivity index (χ0n) is 17.3. The van der Waals surface area contributed by atoms with Gasteiger partial charge in [0.1, 0.15) is 11.3 Å². The lowest BCUT2D eigenvalue weighted by Crippen LogP contribution is -2.05. The number of aromatic nitrogens is 2. The summed E-state index contributed by atoms with van der Waals surface area (Å²) >= 11 is 0. The minimum atomic E-state index is -0.332. The first kappa shape index (κ1) is 19.7. The fraction of sp³-hybridized carbons (Fsp3) is 0.200. The molecule has 5 nitrogen and oxygen atoms in total. The molecule has 4 aromatic rings. The van der Waals surface area contributed by atoms with Gasteiger partial charge in [-0.2, -0.15) is 0 Å². The lowest BCUT2D eigenvalue weighted by Gasteiger charge is -2.11. The number of benzene rings is 3. The molecule has 0 saturated heterocycles. The predicted molar refractivity (Wildman–Crippen MR) is 120 cm³/mol. The smallest absolute Gasteiger partial charge is 0.338 e. The maximum atomic E-state index is 12.1. The van der Waals surface area contributed by atoms with E-state index in [-0.39, 0.29) is 5.97 Å². The van der Waals surface area contributed by atoms with E-state index in [0.29, 0.717) is 17.8 Å². The van der Waals surface area contributed by atoms with Crippen molar-refractivity contribution in [3.05, 3.63) is 83.7 Å². The molecule has 5 heteroatoms. The minimum absolute atomic E-state index is 0.332. The van der Waals surface area contributed by atoms with Crippen molar-refractivity contribution in [3.8, 4) is 11.1 Å². The van der Waals surface area contributed by atoms with E-state index in [1.807, 2.05) is 42.5 Å². The Labute approximate surface area is 176 Å². The van der Waals surface area contributed by atoms with E-state index in [1.165, 1.54) is 7.11 Å². The van der Waals surface area contributed by atoms with E-state index in [2.05, 4.69) is 29.7 Å². The molecule has 1 heterocycles. The highest BCUT2D eigenvalue weighted by Crippen LogP contribution is 2.27. The highest BCUT2D eigenvalue weighted by molar-refractivity contribution is 5.97. The lowest BCUT2D eigenvalue weighted by molar-refractivity contribution is 0.0601. The van der Waals surface area contributed by atoms with Crippen LogP contribution < -0.4 is 5.73 Å². The highest BCUT2D eigenvalue weighted by atomic mass is 16.5. The predicted octanol–water partition coefficient (Wildman–Crippen LogP) is 5.07. The Bertz CT molecular complexity index is 1190. The molecule has 0 fully saturated rings. The van der Waals surface area contributed by atoms with Gasteiger partial charge in [-0.15, -0.1) is 0 Å². The molecule has 4 rings (SSSR count). The number of methoxy groups -OCH3 is 1. The number of nitrogens with zero attached hydrogens (tertiary/aromatic N) is 2. The molecule has 0 amide bonds. The highest BCUT2D eigenvalue weighted by Gasteiger charge is 2.14. The van der Waals surface area contributed by atoms with Gasteiger partial charge in [-0.25, -0.2) is 9.78 Å². The average Bonchev–Trinajstić information content (AvgIpc) is 3.12. The molecular formula is C25H25N3O2. The van der Waals surface area contributed by atoms with E-state index in [9.17, 15) is 4.79 Å². The number of carbonyl (C=O) groups excluding carboxylic acids is 1. The number of anilines is 1. The Morgan fingerprint density at radius 3 is 2.53 bits per heavy atom. The number of fused-ring (bicyclic) bond motifs is 1. The summed E-state index contributed by atoms with van der Waals surface area (Å²) in [6.07, 6.45) is 1.92. The number of hydrogen-bond donors (Lipinski definition) is 1. The Hall–Kier alpha value is -3.60. The fourth-order valence-electron chi connectivity index (χ4n) is 3.80. The zero-order chi connectivity index (χ0) is 21.1. The van der Waals surface area contributed by atoms with Crippen molar-refractivity contribution in [2.24, 2.45) is 0 Å². The van der Waals surface area contributed by atoms with Crippen LogP contribution in [0.1, 0.15) is 35.1 Å². The van der Waals surface area contributed by atoms with Crippen LogP contribution in [-0.4, -0.2) is 22.6 Å². The van der Waals surface area contributed by atoms with Gasteiger partial charge in [0.15, 0.2) is 0 Å². The van der Waals surface area contributed by atoms with Crippen LogP contribution in [0, 0.1) is 0 Å². The summed E-state index contributed by atoms with van der Waals surface area (Å²) in [4.78, 5) is 16.9. The first-order valence-corrected chi connectivity index (χ1v) is 10.1. The molecule has 30 heavy (non-hydrogen) atoms. The van der Waals surface area contributed by atoms with Crippen LogP contribution >= 0.6 is 0 Å². The first-order chi connectivity index (χ1) is 14.6. The monoisotopic (exact) mass is 399 g/mol. The number of para-hydroxylation sites is 1. The molecule has 0 aliphatic rings. The van der Waals surface area contributed by atoms with E-state index in [0.717, 1.165) is 46.4 Å². The number of aryl methyl sites for hydroxylation is 1. The molecule has 2 N–H and O–H groups in total. The van der Waals surface area contributed by atoms with Crippen molar-refractivity contribution >= 4 is 22.7 Å². The molecule has 0 spiro atoms. The van der Waals surface area contributed by atoms with Gasteiger partial charge in [-0.05, 0) is 41.3 Å². The SMILES string of the molecule is CCCc1nc2c(N)cccc2n1Cc1ccc(-c2ccccc2C(=O)OC)cc1. The van der Waals surface area contributed by atoms with Crippen LogP contribution in [-0.2, 0) is 17.7 Å². The Kier molecular flexibility index (Phi) is 5.53. The lowest BCUT2D eigenvalue weighted by atomic mass is 9.98. The quantitative estimate of drug-likeness (QED) is 0.363. The Morgan fingerprint density at radius 1 is 1.03 bits per heavy atom. The second kappa shape index (κ2) is 8.41. The van der Waals surface area contributed by atoms with Gasteiger partial charge >= 0.3 is 5.97 Å². The number of hydrogen-bond acceptors (Lipinski definition) is 4. The van der Waals surface area contributed by atoms with Gasteiger partial charge in [-0.3, -0.25) is 0 Å². The molecule has 0 bridgehead atoms. The summed E-state index contributed by atoms with van der Waals surface area (Å²) in [5, 5.41) is 0. The average molecular weight is 399 g/mol. The number of imidazole rings is 1. The summed E-state index contributed by atoms with van der Waals surface area (Å²) in [6, 6.07) is 21.7. The van der Waals surface area contributed by atoms with E-state index in [4.69, 9.17) is 15.5 Å². The van der Waals surface area contributed by atoms with Gasteiger partial charge in [0.05, 0.1) is 23.9 Å². The van der Waals surface area contributed by atoms with Gasteiger partial charge in [0, 0.05) is 13.0 Å². The topological polar surface area (TPSA) is 70.1 Å². The Balaban J connectivity index is 1.68. The van der Waals surface area contributed by atoms with E-state index in [1.54, 1.807) is 6.07 Å². The zero-order valence-corrected chi connectivity index (χ0v) is 17.3. The molecule has 0 saturated carbocycles. The molecule has 3 aromatic carbocycles. The summed E-state index contributed by atoms with van der Waals surface area (Å²) < 4.78 is 7.16. The van der Waals surface area contributed by atoms with E-state index < -0.39 is 0 Å². The molecular weight excluding hydrogens is 374 g/mol. The molecule has 152 valence electrons. The largest absolute Gasteiger partial charge is 0.465 e. The van der Waals surface area contributed by atoms with Crippen molar-refractivity contribution in [2.75, 3.05) is 12.8 Å². The molecule has 0 atom stereocenters. The normalized spacial score (nSPS) is 11.0. The number of ether oxygens (including phenoxy) is 1. The molecule has 0 aliphatic heterocycles. The number of nitrogen functional groups attached to an aromatic ring is 1. The molecule has 0 unspecified atom stereocenters. The molecule has 1 aromatic heterocycles. The van der Waals surface area contributed by atoms with Crippen molar-refractivity contribution in [1.29, 1.82) is 0 Å². The van der Waals surface area contributed by atoms with Crippen LogP contribution in [0.25, 0.3) is 22.2 Å². The third-order valence-electron chi connectivity index (χ3n) is 5.30. The van der Waals surface area contributed by atoms with Crippen LogP contribution in [0.4, 0.5) is 5.69 Å². The third-order valence-corrected chi connectivity index (χ3v) is 5.30. The maximum Gasteiger partial charge on any atom is 0.338 e. The van der Waals surface area contributed by atoms with Gasteiger partial charge in [-0.1, -0.05) is 55.5 Å². The second-order valence-corrected chi connectivity index (χ2v) is 7.31. The third kappa shape index (κ3) is 3.66. The maximum absolute atomic E-state index is 12.1. The van der Waals surface area contributed by atoms with Crippen LogP contribution in [0.2, 0.25) is 0 Å². The van der Waals surface area contributed by atoms with Crippen LogP contribution in [0.3, 0.4) is 0 Å². The van der Waals surface area contributed by atoms with Crippen LogP contribution in [0.15, 0.2) is 66.7 Å². The van der Waals surface area contributed by atoms with Crippen molar-refractivity contribution in [1.82, 2.24) is 9.55 Å². The molecule has 0 radical (unpaired) electrons. The molecule has 0 aliphatic carbocycles. The van der Waals surface area contributed by atoms with Gasteiger partial charge < -0.3 is 15.0 Å². The van der Waals surface area contributed by atoms with Crippen molar-refractivity contribution < 1.29 is 9.53 Å².